The Morgan fingerprint density at radius 2 is 2.05 bits per heavy atom. The standard InChI is InChI=1S/C13H8N2O4/c1-5-4-7-9(15-5)8-6(13(18)19)2-3-14-10(8)12(17)11(7)16/h2-4,15H,1H3,(H,18,19). The number of carbonyl (C=O) groups is 3. The lowest BCUT2D eigenvalue weighted by Gasteiger charge is -2.15. The number of aromatic nitrogens is 2. The molecule has 1 aliphatic rings. The molecule has 6 nitrogen and oxygen atoms in total. The van der Waals surface area contributed by atoms with Crippen molar-refractivity contribution in [3.63, 3.8) is 0 Å². The lowest BCUT2D eigenvalue weighted by Crippen LogP contribution is -2.23. The molecule has 6 heteroatoms. The molecule has 2 heterocycles. The smallest absolute Gasteiger partial charge is 0.336 e. The van der Waals surface area contributed by atoms with Crippen LogP contribution < -0.4 is 0 Å². The Bertz CT molecular complexity index is 758. The van der Waals surface area contributed by atoms with Crippen LogP contribution in [0.15, 0.2) is 18.3 Å². The Kier molecular flexibility index (Phi) is 2.16. The van der Waals surface area contributed by atoms with Crippen LogP contribution in [0.1, 0.15) is 36.9 Å². The third kappa shape index (κ3) is 1.43. The van der Waals surface area contributed by atoms with Crippen LogP contribution in [0.25, 0.3) is 11.3 Å². The van der Waals surface area contributed by atoms with Gasteiger partial charge in [0.1, 0.15) is 5.69 Å². The second-order valence-corrected chi connectivity index (χ2v) is 4.29. The molecule has 94 valence electrons. The number of fused-ring (bicyclic) bond motifs is 3. The van der Waals surface area contributed by atoms with Crippen LogP contribution in [0.5, 0.6) is 0 Å². The van der Waals surface area contributed by atoms with Gasteiger partial charge in [0, 0.05) is 17.5 Å². The van der Waals surface area contributed by atoms with Crippen LogP contribution in [0.4, 0.5) is 0 Å². The van der Waals surface area contributed by atoms with E-state index in [1.165, 1.54) is 18.3 Å². The highest BCUT2D eigenvalue weighted by molar-refractivity contribution is 6.52. The number of Topliss-reactive ketones (excluding diaryl/α,β-unsaturated/α-hetero) is 2. The summed E-state index contributed by atoms with van der Waals surface area (Å²) in [6.45, 7) is 1.73. The van der Waals surface area contributed by atoms with E-state index in [2.05, 4.69) is 9.97 Å². The lowest BCUT2D eigenvalue weighted by atomic mass is 9.89. The molecule has 2 N–H and O–H groups in total. The van der Waals surface area contributed by atoms with Gasteiger partial charge in [-0.2, -0.15) is 0 Å². The van der Waals surface area contributed by atoms with Crippen molar-refractivity contribution in [1.29, 1.82) is 0 Å². The van der Waals surface area contributed by atoms with Crippen LogP contribution in [0.3, 0.4) is 0 Å². The van der Waals surface area contributed by atoms with Gasteiger partial charge in [0.05, 0.1) is 16.8 Å². The second kappa shape index (κ2) is 3.61. The third-order valence-corrected chi connectivity index (χ3v) is 3.05. The molecule has 0 aliphatic heterocycles. The molecule has 2 aromatic rings. The summed E-state index contributed by atoms with van der Waals surface area (Å²) in [7, 11) is 0. The molecule has 0 unspecified atom stereocenters. The van der Waals surface area contributed by atoms with Gasteiger partial charge in [0.15, 0.2) is 0 Å². The SMILES string of the molecule is Cc1cc2c([nH]1)-c1c(C(=O)O)ccnc1C(=O)C2=O. The second-order valence-electron chi connectivity index (χ2n) is 4.29. The van der Waals surface area contributed by atoms with Crippen molar-refractivity contribution in [2.45, 2.75) is 6.92 Å². The van der Waals surface area contributed by atoms with Gasteiger partial charge >= 0.3 is 5.97 Å². The molecular weight excluding hydrogens is 248 g/mol. The number of ketones is 2. The maximum absolute atomic E-state index is 11.9. The van der Waals surface area contributed by atoms with E-state index in [-0.39, 0.29) is 22.4 Å². The first kappa shape index (κ1) is 11.3. The quantitative estimate of drug-likeness (QED) is 0.752. The van der Waals surface area contributed by atoms with Crippen LogP contribution in [-0.4, -0.2) is 32.6 Å². The molecule has 2 aromatic heterocycles. The monoisotopic (exact) mass is 256 g/mol. The number of aryl methyl sites for hydroxylation is 1. The summed E-state index contributed by atoms with van der Waals surface area (Å²) in [5, 5.41) is 9.19. The van der Waals surface area contributed by atoms with Gasteiger partial charge in [-0.15, -0.1) is 0 Å². The predicted molar refractivity (Wildman–Crippen MR) is 64.4 cm³/mol. The fourth-order valence-corrected chi connectivity index (χ4v) is 2.26. The first-order chi connectivity index (χ1) is 9.00. The van der Waals surface area contributed by atoms with Gasteiger partial charge in [0.2, 0.25) is 5.78 Å². The number of aromatic carboxylic acids is 1. The first-order valence-electron chi connectivity index (χ1n) is 5.52. The van der Waals surface area contributed by atoms with Gasteiger partial charge in [-0.3, -0.25) is 14.6 Å². The van der Waals surface area contributed by atoms with Crippen LogP contribution in [-0.2, 0) is 0 Å². The van der Waals surface area contributed by atoms with E-state index in [1.807, 2.05) is 0 Å². The Morgan fingerprint density at radius 3 is 2.74 bits per heavy atom. The number of nitrogens with zero attached hydrogens (tertiary/aromatic N) is 1. The number of carboxylic acids is 1. The van der Waals surface area contributed by atoms with Crippen molar-refractivity contribution in [2.24, 2.45) is 0 Å². The summed E-state index contributed by atoms with van der Waals surface area (Å²) in [4.78, 5) is 41.9. The van der Waals surface area contributed by atoms with Crippen molar-refractivity contribution in [2.75, 3.05) is 0 Å². The maximum atomic E-state index is 11.9. The average Bonchev–Trinajstić information content (AvgIpc) is 2.77. The molecular formula is C13H8N2O4. The molecule has 0 saturated carbocycles. The highest BCUT2D eigenvalue weighted by atomic mass is 16.4. The summed E-state index contributed by atoms with van der Waals surface area (Å²) in [5.74, 6) is -2.61. The van der Waals surface area contributed by atoms with Crippen LogP contribution >= 0.6 is 0 Å². The van der Waals surface area contributed by atoms with Gasteiger partial charge in [-0.1, -0.05) is 0 Å². The molecule has 0 bridgehead atoms. The Hall–Kier alpha value is -2.76. The summed E-state index contributed by atoms with van der Waals surface area (Å²) in [6.07, 6.45) is 1.22. The minimum absolute atomic E-state index is 0.0473. The molecule has 3 rings (SSSR count). The summed E-state index contributed by atoms with van der Waals surface area (Å²) < 4.78 is 0. The van der Waals surface area contributed by atoms with E-state index in [0.717, 1.165) is 0 Å². The van der Waals surface area contributed by atoms with Crippen molar-refractivity contribution in [3.8, 4) is 11.3 Å². The van der Waals surface area contributed by atoms with E-state index in [1.54, 1.807) is 6.92 Å². The Labute approximate surface area is 107 Å². The summed E-state index contributed by atoms with van der Waals surface area (Å²) in [6, 6.07) is 2.85. The first-order valence-corrected chi connectivity index (χ1v) is 5.52. The van der Waals surface area contributed by atoms with Gasteiger partial charge in [-0.25, -0.2) is 4.79 Å². The Morgan fingerprint density at radius 1 is 1.32 bits per heavy atom. The number of nitrogens with one attached hydrogen (secondary N) is 1. The molecule has 19 heavy (non-hydrogen) atoms. The minimum Gasteiger partial charge on any atom is -0.478 e. The third-order valence-electron chi connectivity index (χ3n) is 3.05. The van der Waals surface area contributed by atoms with Crippen LogP contribution in [0.2, 0.25) is 0 Å². The van der Waals surface area contributed by atoms with E-state index in [0.29, 0.717) is 11.4 Å². The minimum atomic E-state index is -1.17. The molecule has 0 atom stereocenters. The zero-order valence-electron chi connectivity index (χ0n) is 9.85. The highest BCUT2D eigenvalue weighted by Crippen LogP contribution is 2.34. The normalized spacial score (nSPS) is 13.1. The van der Waals surface area contributed by atoms with E-state index < -0.39 is 17.5 Å². The fourth-order valence-electron chi connectivity index (χ4n) is 2.26. The van der Waals surface area contributed by atoms with Crippen molar-refractivity contribution in [3.05, 3.63) is 40.8 Å². The molecule has 0 spiro atoms. The highest BCUT2D eigenvalue weighted by Gasteiger charge is 2.35. The zero-order valence-corrected chi connectivity index (χ0v) is 9.85. The number of aromatic amines is 1. The number of hydrogen-bond donors (Lipinski definition) is 2. The molecule has 1 aliphatic carbocycles. The number of carboxylic acid groups (broad SMARTS) is 1. The van der Waals surface area contributed by atoms with E-state index >= 15 is 0 Å². The fraction of sp³-hybridized carbons (Fsp3) is 0.0769. The lowest BCUT2D eigenvalue weighted by molar-refractivity contribution is 0.0697. The maximum Gasteiger partial charge on any atom is 0.336 e. The molecule has 0 amide bonds. The number of H-pyrrole nitrogens is 1. The van der Waals surface area contributed by atoms with Gasteiger partial charge in [0.25, 0.3) is 5.78 Å². The van der Waals surface area contributed by atoms with E-state index in [4.69, 9.17) is 0 Å². The summed E-state index contributed by atoms with van der Waals surface area (Å²) in [5.41, 5.74) is 1.25. The topological polar surface area (TPSA) is 100 Å². The molecule has 0 radical (unpaired) electrons. The Balaban J connectivity index is 2.44. The number of carbonyl (C=O) groups excluding carboxylic acids is 2. The van der Waals surface area contributed by atoms with Crippen molar-refractivity contribution in [1.82, 2.24) is 9.97 Å². The van der Waals surface area contributed by atoms with E-state index in [9.17, 15) is 19.5 Å². The summed E-state index contributed by atoms with van der Waals surface area (Å²) >= 11 is 0. The molecule has 0 aromatic carbocycles. The van der Waals surface area contributed by atoms with Crippen molar-refractivity contribution >= 4 is 17.5 Å². The van der Waals surface area contributed by atoms with Crippen LogP contribution in [0, 0.1) is 6.92 Å². The average molecular weight is 256 g/mol. The van der Waals surface area contributed by atoms with Crippen molar-refractivity contribution < 1.29 is 19.5 Å². The number of rotatable bonds is 1. The largest absolute Gasteiger partial charge is 0.478 e. The molecule has 0 fully saturated rings. The number of hydrogen-bond acceptors (Lipinski definition) is 4. The van der Waals surface area contributed by atoms with Gasteiger partial charge < -0.3 is 10.1 Å². The molecule has 0 saturated heterocycles. The predicted octanol–water partition coefficient (Wildman–Crippen LogP) is 1.46. The number of pyridine rings is 1. The van der Waals surface area contributed by atoms with Gasteiger partial charge in [-0.05, 0) is 19.1 Å². The zero-order chi connectivity index (χ0) is 13.7.